The van der Waals surface area contributed by atoms with Gasteiger partial charge < -0.3 is 15.2 Å². The lowest BCUT2D eigenvalue weighted by molar-refractivity contribution is -0.139. The summed E-state index contributed by atoms with van der Waals surface area (Å²) in [6.07, 6.45) is 2.82. The van der Waals surface area contributed by atoms with E-state index < -0.39 is 11.9 Å². The van der Waals surface area contributed by atoms with Crippen molar-refractivity contribution in [3.63, 3.8) is 0 Å². The van der Waals surface area contributed by atoms with E-state index in [0.717, 1.165) is 30.5 Å². The fourth-order valence-electron chi connectivity index (χ4n) is 4.12. The van der Waals surface area contributed by atoms with Crippen LogP contribution >= 0.6 is 23.4 Å². The fraction of sp³-hybridized carbons (Fsp3) is 0.280. The number of hydrogen-bond acceptors (Lipinski definition) is 8. The minimum absolute atomic E-state index is 0.0754. The molecule has 4 rings (SSSR count). The topological polar surface area (TPSA) is 122 Å². The van der Waals surface area contributed by atoms with Gasteiger partial charge in [-0.3, -0.25) is 0 Å². The third kappa shape index (κ3) is 4.61. The number of benzene rings is 1. The summed E-state index contributed by atoms with van der Waals surface area (Å²) in [6.45, 7) is 1.86. The summed E-state index contributed by atoms with van der Waals surface area (Å²) in [5.74, 6) is -0.993. The molecule has 0 amide bonds. The van der Waals surface area contributed by atoms with Gasteiger partial charge in [-0.2, -0.15) is 10.5 Å². The number of fused-ring (bicyclic) bond motifs is 1. The molecule has 1 aliphatic heterocycles. The number of halogens is 1. The zero-order valence-corrected chi connectivity index (χ0v) is 20.0. The van der Waals surface area contributed by atoms with Gasteiger partial charge in [-0.1, -0.05) is 35.5 Å². The second-order valence-electron chi connectivity index (χ2n) is 7.73. The van der Waals surface area contributed by atoms with Crippen LogP contribution in [0.1, 0.15) is 41.6 Å². The van der Waals surface area contributed by atoms with Crippen molar-refractivity contribution in [3.05, 3.63) is 80.5 Å². The first-order valence-electron chi connectivity index (χ1n) is 10.8. The van der Waals surface area contributed by atoms with Gasteiger partial charge in [0.15, 0.2) is 0 Å². The number of rotatable bonds is 6. The van der Waals surface area contributed by atoms with E-state index in [9.17, 15) is 15.3 Å². The van der Waals surface area contributed by atoms with Crippen LogP contribution in [0, 0.1) is 22.7 Å². The third-order valence-electron chi connectivity index (χ3n) is 5.67. The number of hydrogen-bond donors (Lipinski definition) is 1. The number of carbonyl (C=O) groups is 1. The molecule has 1 atom stereocenters. The van der Waals surface area contributed by atoms with Crippen LogP contribution in [0.4, 0.5) is 0 Å². The largest absolute Gasteiger partial charge is 0.463 e. The Morgan fingerprint density at radius 3 is 2.74 bits per heavy atom. The van der Waals surface area contributed by atoms with E-state index in [1.165, 1.54) is 11.8 Å². The lowest BCUT2D eigenvalue weighted by atomic mass is 9.83. The number of pyridine rings is 1. The molecule has 34 heavy (non-hydrogen) atoms. The molecule has 0 spiro atoms. The molecular weight excluding hydrogens is 472 g/mol. The van der Waals surface area contributed by atoms with E-state index in [-0.39, 0.29) is 35.1 Å². The highest BCUT2D eigenvalue weighted by atomic mass is 35.5. The molecule has 172 valence electrons. The molecule has 9 heteroatoms. The quantitative estimate of drug-likeness (QED) is 0.461. The maximum Gasteiger partial charge on any atom is 0.338 e. The number of thioether (sulfide) groups is 1. The zero-order valence-electron chi connectivity index (χ0n) is 18.4. The lowest BCUT2D eigenvalue weighted by Crippen LogP contribution is -2.27. The number of aryl methyl sites for hydroxylation is 2. The summed E-state index contributed by atoms with van der Waals surface area (Å²) >= 11 is 7.33. The number of nitrogens with two attached hydrogens (primary N) is 1. The average Bonchev–Trinajstić information content (AvgIpc) is 3.29. The van der Waals surface area contributed by atoms with E-state index in [2.05, 4.69) is 17.1 Å². The fourth-order valence-corrected chi connectivity index (χ4v) is 5.17. The molecule has 7 nitrogen and oxygen atoms in total. The SMILES string of the molecule is CCOC(=O)C1=C(CSc2nc3c(cc2C#N)CCC3)OC(N)=C(C#N)[C@H]1c1ccc(Cl)cc1. The summed E-state index contributed by atoms with van der Waals surface area (Å²) < 4.78 is 11.1. The summed E-state index contributed by atoms with van der Waals surface area (Å²) in [4.78, 5) is 17.8. The van der Waals surface area contributed by atoms with Crippen molar-refractivity contribution in [1.82, 2.24) is 4.98 Å². The Hall–Kier alpha value is -3.46. The maximum absolute atomic E-state index is 13.1. The van der Waals surface area contributed by atoms with E-state index >= 15 is 0 Å². The van der Waals surface area contributed by atoms with Gasteiger partial charge in [0, 0.05) is 10.7 Å². The molecule has 1 aromatic heterocycles. The van der Waals surface area contributed by atoms with Crippen LogP contribution in [0.2, 0.25) is 5.02 Å². The lowest BCUT2D eigenvalue weighted by Gasteiger charge is -2.28. The summed E-state index contributed by atoms with van der Waals surface area (Å²) in [6, 6.07) is 13.0. The number of ether oxygens (including phenoxy) is 2. The molecule has 0 unspecified atom stereocenters. The van der Waals surface area contributed by atoms with Gasteiger partial charge in [0.25, 0.3) is 0 Å². The maximum atomic E-state index is 13.1. The van der Waals surface area contributed by atoms with Crippen LogP contribution in [0.15, 0.2) is 58.1 Å². The molecule has 0 fully saturated rings. The van der Waals surface area contributed by atoms with Crippen LogP contribution in [0.5, 0.6) is 0 Å². The van der Waals surface area contributed by atoms with Gasteiger partial charge in [-0.05, 0) is 55.5 Å². The van der Waals surface area contributed by atoms with Crippen LogP contribution in [-0.2, 0) is 27.1 Å². The van der Waals surface area contributed by atoms with Crippen molar-refractivity contribution < 1.29 is 14.3 Å². The van der Waals surface area contributed by atoms with Gasteiger partial charge in [0.2, 0.25) is 5.88 Å². The first-order chi connectivity index (χ1) is 16.5. The summed E-state index contributed by atoms with van der Waals surface area (Å²) in [5.41, 5.74) is 9.68. The highest BCUT2D eigenvalue weighted by molar-refractivity contribution is 7.99. The van der Waals surface area contributed by atoms with Gasteiger partial charge in [-0.25, -0.2) is 9.78 Å². The Bertz CT molecular complexity index is 1290. The Kier molecular flexibility index (Phi) is 7.12. The van der Waals surface area contributed by atoms with Crippen molar-refractivity contribution in [3.8, 4) is 12.1 Å². The van der Waals surface area contributed by atoms with E-state index in [1.54, 1.807) is 31.2 Å². The Balaban J connectivity index is 1.76. The van der Waals surface area contributed by atoms with Crippen molar-refractivity contribution in [2.45, 2.75) is 37.1 Å². The van der Waals surface area contributed by atoms with E-state index in [4.69, 9.17) is 26.8 Å². The number of allylic oxidation sites excluding steroid dienone is 1. The Morgan fingerprint density at radius 2 is 2.06 bits per heavy atom. The van der Waals surface area contributed by atoms with Gasteiger partial charge in [0.1, 0.15) is 28.5 Å². The van der Waals surface area contributed by atoms with Gasteiger partial charge >= 0.3 is 5.97 Å². The first kappa shape index (κ1) is 23.7. The van der Waals surface area contributed by atoms with Gasteiger partial charge in [-0.15, -0.1) is 0 Å². The minimum atomic E-state index is -0.769. The van der Waals surface area contributed by atoms with Crippen LogP contribution in [0.25, 0.3) is 0 Å². The predicted molar refractivity (Wildman–Crippen MR) is 127 cm³/mol. The Labute approximate surface area is 206 Å². The number of nitriles is 2. The summed E-state index contributed by atoms with van der Waals surface area (Å²) in [7, 11) is 0. The van der Waals surface area contributed by atoms with Crippen molar-refractivity contribution in [2.75, 3.05) is 12.4 Å². The normalized spacial score (nSPS) is 17.0. The number of nitrogens with zero attached hydrogens (tertiary/aromatic N) is 3. The second-order valence-corrected chi connectivity index (χ2v) is 9.14. The van der Waals surface area contributed by atoms with Crippen molar-refractivity contribution >= 4 is 29.3 Å². The molecule has 0 radical (unpaired) electrons. The standard InChI is InChI=1S/C25H21ClN4O3S/c1-2-32-25(31)22-20(13-34-24-16(11-27)10-15-4-3-5-19(15)30-24)33-23(29)18(12-28)21(22)14-6-8-17(26)9-7-14/h6-10,21H,2-5,13,29H2,1H3/t21-/m1/s1. The van der Waals surface area contributed by atoms with Gasteiger partial charge in [0.05, 0.1) is 29.4 Å². The predicted octanol–water partition coefficient (Wildman–Crippen LogP) is 4.51. The average molecular weight is 493 g/mol. The molecule has 2 N–H and O–H groups in total. The van der Waals surface area contributed by atoms with Crippen LogP contribution in [-0.4, -0.2) is 23.3 Å². The van der Waals surface area contributed by atoms with Crippen molar-refractivity contribution in [2.24, 2.45) is 5.73 Å². The molecule has 2 heterocycles. The molecule has 2 aromatic rings. The number of aromatic nitrogens is 1. The first-order valence-corrected chi connectivity index (χ1v) is 12.1. The zero-order chi connectivity index (χ0) is 24.2. The molecule has 2 aliphatic rings. The molecule has 0 bridgehead atoms. The van der Waals surface area contributed by atoms with Crippen LogP contribution in [0.3, 0.4) is 0 Å². The smallest absolute Gasteiger partial charge is 0.338 e. The molecule has 1 aliphatic carbocycles. The monoisotopic (exact) mass is 492 g/mol. The third-order valence-corrected chi connectivity index (χ3v) is 6.91. The highest BCUT2D eigenvalue weighted by Crippen LogP contribution is 2.41. The van der Waals surface area contributed by atoms with E-state index in [0.29, 0.717) is 21.2 Å². The van der Waals surface area contributed by atoms with Crippen LogP contribution < -0.4 is 5.73 Å². The number of esters is 1. The molecule has 0 saturated carbocycles. The number of carbonyl (C=O) groups excluding carboxylic acids is 1. The summed E-state index contributed by atoms with van der Waals surface area (Å²) in [5, 5.41) is 20.5. The molecule has 1 aromatic carbocycles. The highest BCUT2D eigenvalue weighted by Gasteiger charge is 2.37. The molecular formula is C25H21ClN4O3S. The minimum Gasteiger partial charge on any atom is -0.463 e. The van der Waals surface area contributed by atoms with E-state index in [1.807, 2.05) is 6.07 Å². The Morgan fingerprint density at radius 1 is 1.29 bits per heavy atom. The second kappa shape index (κ2) is 10.2. The van der Waals surface area contributed by atoms with Crippen molar-refractivity contribution in [1.29, 1.82) is 10.5 Å². The molecule has 0 saturated heterocycles.